The van der Waals surface area contributed by atoms with Gasteiger partial charge in [-0.3, -0.25) is 0 Å². The number of nitrogens with zero attached hydrogens (tertiary/aromatic N) is 2. The first-order valence-corrected chi connectivity index (χ1v) is 5.91. The Labute approximate surface area is 113 Å². The Kier molecular flexibility index (Phi) is 3.77. The summed E-state index contributed by atoms with van der Waals surface area (Å²) in [4.78, 5) is 4.01. The van der Waals surface area contributed by atoms with E-state index in [-0.39, 0.29) is 0 Å². The third-order valence-electron chi connectivity index (χ3n) is 2.29. The summed E-state index contributed by atoms with van der Waals surface area (Å²) >= 11 is 3.33. The van der Waals surface area contributed by atoms with Crippen LogP contribution >= 0.6 is 15.9 Å². The van der Waals surface area contributed by atoms with Gasteiger partial charge in [0.15, 0.2) is 0 Å². The standard InChI is InChI=1S/C12H10BrN5/c13-9-1-2-11(8(5-9)7-14)17-10-3-4-16-12(6-10)18-15/h1-6H,15H2,(H2,16,17,18). The number of nitrogens with one attached hydrogen (secondary N) is 2. The van der Waals surface area contributed by atoms with Gasteiger partial charge in [-0.1, -0.05) is 15.9 Å². The predicted octanol–water partition coefficient (Wildman–Crippen LogP) is 2.74. The fourth-order valence-electron chi connectivity index (χ4n) is 1.46. The highest BCUT2D eigenvalue weighted by Gasteiger charge is 2.03. The van der Waals surface area contributed by atoms with Crippen LogP contribution in [0, 0.1) is 11.3 Å². The lowest BCUT2D eigenvalue weighted by Crippen LogP contribution is -2.08. The minimum Gasteiger partial charge on any atom is -0.354 e. The molecule has 0 spiro atoms. The molecule has 0 radical (unpaired) electrons. The number of halogens is 1. The molecule has 0 atom stereocenters. The van der Waals surface area contributed by atoms with Crippen molar-refractivity contribution in [3.63, 3.8) is 0 Å². The minimum absolute atomic E-state index is 0.551. The molecular weight excluding hydrogens is 294 g/mol. The quantitative estimate of drug-likeness (QED) is 0.599. The van der Waals surface area contributed by atoms with Crippen LogP contribution in [0.3, 0.4) is 0 Å². The number of hydrazine groups is 1. The van der Waals surface area contributed by atoms with E-state index >= 15 is 0 Å². The van der Waals surface area contributed by atoms with Crippen molar-refractivity contribution >= 4 is 33.1 Å². The van der Waals surface area contributed by atoms with Gasteiger partial charge in [0.1, 0.15) is 11.9 Å². The molecule has 1 aromatic heterocycles. The average Bonchev–Trinajstić information content (AvgIpc) is 2.41. The molecule has 2 aromatic rings. The van der Waals surface area contributed by atoms with Crippen LogP contribution < -0.4 is 16.6 Å². The van der Waals surface area contributed by atoms with Crippen molar-refractivity contribution in [1.29, 1.82) is 5.26 Å². The number of aromatic nitrogens is 1. The van der Waals surface area contributed by atoms with Gasteiger partial charge in [-0.05, 0) is 24.3 Å². The van der Waals surface area contributed by atoms with Crippen molar-refractivity contribution in [2.24, 2.45) is 5.84 Å². The van der Waals surface area contributed by atoms with Crippen LogP contribution in [0.15, 0.2) is 41.0 Å². The summed E-state index contributed by atoms with van der Waals surface area (Å²) in [5, 5.41) is 12.2. The normalized spacial score (nSPS) is 9.61. The largest absolute Gasteiger partial charge is 0.354 e. The van der Waals surface area contributed by atoms with E-state index in [9.17, 15) is 0 Å². The van der Waals surface area contributed by atoms with Gasteiger partial charge in [0.05, 0.1) is 11.3 Å². The number of nitrogens with two attached hydrogens (primary N) is 1. The van der Waals surface area contributed by atoms with E-state index in [0.29, 0.717) is 11.4 Å². The predicted molar refractivity (Wildman–Crippen MR) is 74.2 cm³/mol. The van der Waals surface area contributed by atoms with Crippen molar-refractivity contribution in [3.8, 4) is 6.07 Å². The molecule has 0 aliphatic rings. The topological polar surface area (TPSA) is 86.8 Å². The monoisotopic (exact) mass is 303 g/mol. The van der Waals surface area contributed by atoms with E-state index in [1.54, 1.807) is 24.4 Å². The summed E-state index contributed by atoms with van der Waals surface area (Å²) in [5.74, 6) is 5.84. The molecule has 1 aromatic carbocycles. The highest BCUT2D eigenvalue weighted by Crippen LogP contribution is 2.24. The number of rotatable bonds is 3. The molecule has 0 aliphatic heterocycles. The molecule has 0 fully saturated rings. The Morgan fingerprint density at radius 3 is 2.83 bits per heavy atom. The minimum atomic E-state index is 0.551. The second-order valence-corrected chi connectivity index (χ2v) is 4.42. The summed E-state index contributed by atoms with van der Waals surface area (Å²) in [6, 6.07) is 11.1. The Hall–Kier alpha value is -2.10. The number of pyridine rings is 1. The molecule has 0 amide bonds. The molecule has 1 heterocycles. The molecule has 2 rings (SSSR count). The average molecular weight is 304 g/mol. The molecule has 5 nitrogen and oxygen atoms in total. The molecule has 0 aliphatic carbocycles. The summed E-state index contributed by atoms with van der Waals surface area (Å²) in [7, 11) is 0. The highest BCUT2D eigenvalue weighted by atomic mass is 79.9. The van der Waals surface area contributed by atoms with Gasteiger partial charge in [0, 0.05) is 22.4 Å². The summed E-state index contributed by atoms with van der Waals surface area (Å²) < 4.78 is 0.864. The first-order valence-electron chi connectivity index (χ1n) is 5.12. The zero-order chi connectivity index (χ0) is 13.0. The SMILES string of the molecule is N#Cc1cc(Br)ccc1Nc1ccnc(NN)c1. The van der Waals surface area contributed by atoms with Crippen LogP contribution in [0.1, 0.15) is 5.56 Å². The van der Waals surface area contributed by atoms with E-state index in [1.165, 1.54) is 0 Å². The molecule has 0 unspecified atom stereocenters. The summed E-state index contributed by atoms with van der Waals surface area (Å²) in [6.45, 7) is 0. The van der Waals surface area contributed by atoms with Gasteiger partial charge in [-0.25, -0.2) is 10.8 Å². The van der Waals surface area contributed by atoms with Gasteiger partial charge in [-0.2, -0.15) is 5.26 Å². The zero-order valence-electron chi connectivity index (χ0n) is 9.31. The van der Waals surface area contributed by atoms with E-state index in [1.807, 2.05) is 12.1 Å². The number of nitrogen functional groups attached to an aromatic ring is 1. The maximum atomic E-state index is 9.07. The third-order valence-corrected chi connectivity index (χ3v) is 2.78. The van der Waals surface area contributed by atoms with Crippen molar-refractivity contribution in [3.05, 3.63) is 46.6 Å². The number of hydrogen-bond donors (Lipinski definition) is 3. The fourth-order valence-corrected chi connectivity index (χ4v) is 1.82. The summed E-state index contributed by atoms with van der Waals surface area (Å²) in [6.07, 6.45) is 1.63. The third kappa shape index (κ3) is 2.77. The van der Waals surface area contributed by atoms with Crippen LogP contribution in [0.5, 0.6) is 0 Å². The second-order valence-electron chi connectivity index (χ2n) is 3.50. The lowest BCUT2D eigenvalue weighted by atomic mass is 10.2. The molecule has 0 bridgehead atoms. The molecule has 90 valence electrons. The van der Waals surface area contributed by atoms with E-state index in [0.717, 1.165) is 15.8 Å². The van der Waals surface area contributed by atoms with Gasteiger partial charge < -0.3 is 10.7 Å². The van der Waals surface area contributed by atoms with Gasteiger partial charge in [0.2, 0.25) is 0 Å². The maximum absolute atomic E-state index is 9.07. The van der Waals surface area contributed by atoms with E-state index in [2.05, 4.69) is 37.7 Å². The number of benzene rings is 1. The number of anilines is 3. The van der Waals surface area contributed by atoms with E-state index in [4.69, 9.17) is 11.1 Å². The number of nitriles is 1. The molecular formula is C12H10BrN5. The zero-order valence-corrected chi connectivity index (χ0v) is 10.9. The molecule has 4 N–H and O–H groups in total. The van der Waals surface area contributed by atoms with Crippen LogP contribution in [-0.2, 0) is 0 Å². The van der Waals surface area contributed by atoms with E-state index < -0.39 is 0 Å². The highest BCUT2D eigenvalue weighted by molar-refractivity contribution is 9.10. The first-order chi connectivity index (χ1) is 8.72. The number of hydrogen-bond acceptors (Lipinski definition) is 5. The molecule has 0 saturated carbocycles. The summed E-state index contributed by atoms with van der Waals surface area (Å²) in [5.41, 5.74) is 4.56. The Balaban J connectivity index is 2.31. The van der Waals surface area contributed by atoms with Crippen LogP contribution in [0.25, 0.3) is 0 Å². The lowest BCUT2D eigenvalue weighted by Gasteiger charge is -2.09. The smallest absolute Gasteiger partial charge is 0.141 e. The van der Waals surface area contributed by atoms with Crippen LogP contribution in [0.4, 0.5) is 17.2 Å². The Morgan fingerprint density at radius 1 is 1.28 bits per heavy atom. The van der Waals surface area contributed by atoms with Crippen molar-refractivity contribution in [1.82, 2.24) is 4.98 Å². The Bertz CT molecular complexity index is 606. The second kappa shape index (κ2) is 5.49. The van der Waals surface area contributed by atoms with Crippen molar-refractivity contribution in [2.75, 3.05) is 10.7 Å². The van der Waals surface area contributed by atoms with Crippen molar-refractivity contribution < 1.29 is 0 Å². The fraction of sp³-hybridized carbons (Fsp3) is 0. The van der Waals surface area contributed by atoms with Gasteiger partial charge in [-0.15, -0.1) is 0 Å². The van der Waals surface area contributed by atoms with Crippen molar-refractivity contribution in [2.45, 2.75) is 0 Å². The molecule has 6 heteroatoms. The van der Waals surface area contributed by atoms with Crippen LogP contribution in [-0.4, -0.2) is 4.98 Å². The first kappa shape index (κ1) is 12.4. The molecule has 0 saturated heterocycles. The van der Waals surface area contributed by atoms with Crippen LogP contribution in [0.2, 0.25) is 0 Å². The lowest BCUT2D eigenvalue weighted by molar-refractivity contribution is 1.23. The maximum Gasteiger partial charge on any atom is 0.141 e. The Morgan fingerprint density at radius 2 is 2.11 bits per heavy atom. The van der Waals surface area contributed by atoms with Gasteiger partial charge in [0.25, 0.3) is 0 Å². The molecule has 18 heavy (non-hydrogen) atoms. The van der Waals surface area contributed by atoms with Gasteiger partial charge >= 0.3 is 0 Å².